The largest absolute Gasteiger partial charge is 0.388 e. The average Bonchev–Trinajstić information content (AvgIpc) is 2.08. The highest BCUT2D eigenvalue weighted by atomic mass is 79.9. The van der Waals surface area contributed by atoms with E-state index in [0.717, 1.165) is 4.47 Å². The summed E-state index contributed by atoms with van der Waals surface area (Å²) in [5, 5.41) is 3.10. The molecule has 1 nitrogen and oxygen atoms in total. The fourth-order valence-corrected chi connectivity index (χ4v) is 1.38. The monoisotopic (exact) mass is 229 g/mol. The van der Waals surface area contributed by atoms with Gasteiger partial charge in [-0.15, -0.1) is 0 Å². The molecular formula is C10H16BrN. The van der Waals surface area contributed by atoms with Crippen LogP contribution in [0.4, 0.5) is 5.69 Å². The third-order valence-corrected chi connectivity index (χ3v) is 1.95. The fraction of sp³-hybridized carbons (Fsp3) is 0.400. The number of hydrogen-bond donors (Lipinski definition) is 1. The van der Waals surface area contributed by atoms with Gasteiger partial charge in [0.05, 0.1) is 0 Å². The van der Waals surface area contributed by atoms with Crippen molar-refractivity contribution in [3.63, 3.8) is 0 Å². The smallest absolute Gasteiger partial charge is 0.0368 e. The maximum Gasteiger partial charge on any atom is 0.0368 e. The zero-order valence-electron chi connectivity index (χ0n) is 8.11. The van der Waals surface area contributed by atoms with E-state index < -0.39 is 0 Å². The normalized spacial score (nSPS) is 8.42. The summed E-state index contributed by atoms with van der Waals surface area (Å²) in [5.74, 6) is 0. The molecule has 12 heavy (non-hydrogen) atoms. The van der Waals surface area contributed by atoms with Crippen LogP contribution in [0.15, 0.2) is 22.7 Å². The second kappa shape index (κ2) is 6.06. The molecule has 68 valence electrons. The van der Waals surface area contributed by atoms with Crippen LogP contribution >= 0.6 is 15.9 Å². The molecule has 2 heteroatoms. The van der Waals surface area contributed by atoms with Crippen molar-refractivity contribution in [1.82, 2.24) is 0 Å². The summed E-state index contributed by atoms with van der Waals surface area (Å²) >= 11 is 3.40. The SMILES string of the molecule is CC.CNc1ccc(Br)cc1C. The Kier molecular flexibility index (Phi) is 5.81. The summed E-state index contributed by atoms with van der Waals surface area (Å²) in [6, 6.07) is 6.17. The summed E-state index contributed by atoms with van der Waals surface area (Å²) in [7, 11) is 1.93. The molecule has 0 aliphatic rings. The molecule has 1 N–H and O–H groups in total. The van der Waals surface area contributed by atoms with E-state index in [1.165, 1.54) is 11.3 Å². The first kappa shape index (κ1) is 11.5. The van der Waals surface area contributed by atoms with Gasteiger partial charge in [-0.05, 0) is 30.7 Å². The Balaban J connectivity index is 0.000000561. The summed E-state index contributed by atoms with van der Waals surface area (Å²) in [6.07, 6.45) is 0. The Bertz CT molecular complexity index is 233. The Hall–Kier alpha value is -0.500. The van der Waals surface area contributed by atoms with Crippen molar-refractivity contribution in [3.8, 4) is 0 Å². The van der Waals surface area contributed by atoms with E-state index in [-0.39, 0.29) is 0 Å². The number of hydrogen-bond acceptors (Lipinski definition) is 1. The lowest BCUT2D eigenvalue weighted by molar-refractivity contribution is 1.39. The molecule has 0 saturated carbocycles. The van der Waals surface area contributed by atoms with Gasteiger partial charge in [0.1, 0.15) is 0 Å². The summed E-state index contributed by atoms with van der Waals surface area (Å²) in [6.45, 7) is 6.08. The Labute approximate surface area is 83.3 Å². The third-order valence-electron chi connectivity index (χ3n) is 1.46. The van der Waals surface area contributed by atoms with Crippen LogP contribution in [-0.4, -0.2) is 7.05 Å². The molecule has 0 aliphatic heterocycles. The molecule has 0 aromatic heterocycles. The second-order valence-electron chi connectivity index (χ2n) is 2.21. The van der Waals surface area contributed by atoms with E-state index in [1.807, 2.05) is 27.0 Å². The van der Waals surface area contributed by atoms with Gasteiger partial charge < -0.3 is 5.32 Å². The lowest BCUT2D eigenvalue weighted by Gasteiger charge is -2.03. The van der Waals surface area contributed by atoms with Crippen LogP contribution in [0.3, 0.4) is 0 Å². The zero-order valence-corrected chi connectivity index (χ0v) is 9.70. The first-order chi connectivity index (χ1) is 5.74. The molecule has 0 fully saturated rings. The van der Waals surface area contributed by atoms with Crippen molar-refractivity contribution >= 4 is 21.6 Å². The van der Waals surface area contributed by atoms with Crippen LogP contribution in [0.5, 0.6) is 0 Å². The van der Waals surface area contributed by atoms with Gasteiger partial charge in [0.25, 0.3) is 0 Å². The molecule has 0 amide bonds. The minimum atomic E-state index is 1.13. The topological polar surface area (TPSA) is 12.0 Å². The summed E-state index contributed by atoms with van der Waals surface area (Å²) < 4.78 is 1.13. The molecule has 0 radical (unpaired) electrons. The van der Waals surface area contributed by atoms with E-state index in [2.05, 4.69) is 40.3 Å². The van der Waals surface area contributed by atoms with Crippen LogP contribution in [-0.2, 0) is 0 Å². The fourth-order valence-electron chi connectivity index (χ4n) is 0.908. The summed E-state index contributed by atoms with van der Waals surface area (Å²) in [4.78, 5) is 0. The highest BCUT2D eigenvalue weighted by Crippen LogP contribution is 2.18. The molecule has 1 aromatic carbocycles. The van der Waals surface area contributed by atoms with E-state index in [1.54, 1.807) is 0 Å². The Morgan fingerprint density at radius 3 is 2.25 bits per heavy atom. The van der Waals surface area contributed by atoms with Crippen molar-refractivity contribution in [3.05, 3.63) is 28.2 Å². The predicted molar refractivity (Wildman–Crippen MR) is 59.8 cm³/mol. The van der Waals surface area contributed by atoms with Gasteiger partial charge in [-0.2, -0.15) is 0 Å². The number of halogens is 1. The highest BCUT2D eigenvalue weighted by Gasteiger charge is 1.93. The van der Waals surface area contributed by atoms with Crippen molar-refractivity contribution in [2.24, 2.45) is 0 Å². The van der Waals surface area contributed by atoms with Crippen LogP contribution in [0, 0.1) is 6.92 Å². The second-order valence-corrected chi connectivity index (χ2v) is 3.12. The molecular weight excluding hydrogens is 214 g/mol. The van der Waals surface area contributed by atoms with Crippen LogP contribution < -0.4 is 5.32 Å². The predicted octanol–water partition coefficient (Wildman–Crippen LogP) is 3.83. The minimum Gasteiger partial charge on any atom is -0.388 e. The number of benzene rings is 1. The van der Waals surface area contributed by atoms with Gasteiger partial charge in [0.2, 0.25) is 0 Å². The Morgan fingerprint density at radius 2 is 1.83 bits per heavy atom. The van der Waals surface area contributed by atoms with Gasteiger partial charge in [-0.1, -0.05) is 29.8 Å². The number of anilines is 1. The van der Waals surface area contributed by atoms with Crippen molar-refractivity contribution in [1.29, 1.82) is 0 Å². The van der Waals surface area contributed by atoms with Crippen LogP contribution in [0.2, 0.25) is 0 Å². The number of nitrogens with one attached hydrogen (secondary N) is 1. The summed E-state index contributed by atoms with van der Waals surface area (Å²) in [5.41, 5.74) is 2.44. The minimum absolute atomic E-state index is 1.13. The zero-order chi connectivity index (χ0) is 9.56. The van der Waals surface area contributed by atoms with E-state index in [0.29, 0.717) is 0 Å². The van der Waals surface area contributed by atoms with Crippen molar-refractivity contribution < 1.29 is 0 Å². The first-order valence-corrected chi connectivity index (χ1v) is 4.97. The van der Waals surface area contributed by atoms with Crippen LogP contribution in [0.1, 0.15) is 19.4 Å². The van der Waals surface area contributed by atoms with E-state index >= 15 is 0 Å². The van der Waals surface area contributed by atoms with Crippen LogP contribution in [0.25, 0.3) is 0 Å². The molecule has 0 saturated heterocycles. The molecule has 0 spiro atoms. The molecule has 0 unspecified atom stereocenters. The average molecular weight is 230 g/mol. The number of rotatable bonds is 1. The highest BCUT2D eigenvalue weighted by molar-refractivity contribution is 9.10. The van der Waals surface area contributed by atoms with Gasteiger partial charge in [-0.3, -0.25) is 0 Å². The quantitative estimate of drug-likeness (QED) is 0.773. The lowest BCUT2D eigenvalue weighted by atomic mass is 10.2. The third kappa shape index (κ3) is 3.26. The van der Waals surface area contributed by atoms with E-state index in [9.17, 15) is 0 Å². The molecule has 0 atom stereocenters. The van der Waals surface area contributed by atoms with Gasteiger partial charge in [0, 0.05) is 17.2 Å². The van der Waals surface area contributed by atoms with Crippen molar-refractivity contribution in [2.45, 2.75) is 20.8 Å². The van der Waals surface area contributed by atoms with Gasteiger partial charge in [-0.25, -0.2) is 0 Å². The molecule has 1 rings (SSSR count). The molecule has 0 heterocycles. The maximum absolute atomic E-state index is 3.40. The lowest BCUT2D eigenvalue weighted by Crippen LogP contribution is -1.90. The molecule has 0 aliphatic carbocycles. The Morgan fingerprint density at radius 1 is 1.25 bits per heavy atom. The van der Waals surface area contributed by atoms with Crippen molar-refractivity contribution in [2.75, 3.05) is 12.4 Å². The van der Waals surface area contributed by atoms with Gasteiger partial charge in [0.15, 0.2) is 0 Å². The molecule has 1 aromatic rings. The number of aryl methyl sites for hydroxylation is 1. The maximum atomic E-state index is 3.40. The van der Waals surface area contributed by atoms with E-state index in [4.69, 9.17) is 0 Å². The molecule has 0 bridgehead atoms. The van der Waals surface area contributed by atoms with Gasteiger partial charge >= 0.3 is 0 Å². The standard InChI is InChI=1S/C8H10BrN.C2H6/c1-6-5-7(9)3-4-8(6)10-2;1-2/h3-5,10H,1-2H3;1-2H3. The first-order valence-electron chi connectivity index (χ1n) is 4.18.